The van der Waals surface area contributed by atoms with Gasteiger partial charge in [-0.25, -0.2) is 0 Å². The van der Waals surface area contributed by atoms with Crippen LogP contribution in [-0.2, 0) is 0 Å². The Kier molecular flexibility index (Phi) is 5.27. The highest BCUT2D eigenvalue weighted by molar-refractivity contribution is 7.17. The zero-order chi connectivity index (χ0) is 25.6. The second-order valence-electron chi connectivity index (χ2n) is 9.34. The van der Waals surface area contributed by atoms with Crippen LogP contribution >= 0.6 is 11.3 Å². The number of ketones is 2. The van der Waals surface area contributed by atoms with Crippen LogP contribution in [0.25, 0.3) is 27.6 Å². The summed E-state index contributed by atoms with van der Waals surface area (Å²) < 4.78 is 0. The first-order valence-corrected chi connectivity index (χ1v) is 13.2. The molecule has 1 aliphatic carbocycles. The molecule has 180 valence electrons. The minimum atomic E-state index is -0.208. The van der Waals surface area contributed by atoms with Crippen molar-refractivity contribution in [2.24, 2.45) is 0 Å². The normalized spacial score (nSPS) is 12.8. The van der Waals surface area contributed by atoms with Gasteiger partial charge in [0.1, 0.15) is 5.00 Å². The van der Waals surface area contributed by atoms with Gasteiger partial charge >= 0.3 is 0 Å². The van der Waals surface area contributed by atoms with Crippen LogP contribution < -0.4 is 4.90 Å². The van der Waals surface area contributed by atoms with E-state index in [-0.39, 0.29) is 17.1 Å². The molecule has 1 aliphatic rings. The van der Waals surface area contributed by atoms with Crippen LogP contribution in [0.15, 0.2) is 127 Å². The molecule has 0 N–H and O–H groups in total. The molecule has 0 spiro atoms. The maximum absolute atomic E-state index is 13.3. The summed E-state index contributed by atoms with van der Waals surface area (Å²) >= 11 is 1.55. The maximum atomic E-state index is 13.3. The van der Waals surface area contributed by atoms with E-state index in [2.05, 4.69) is 47.4 Å². The van der Waals surface area contributed by atoms with E-state index in [0.29, 0.717) is 11.1 Å². The van der Waals surface area contributed by atoms with Crippen LogP contribution in [0.3, 0.4) is 0 Å². The van der Waals surface area contributed by atoms with E-state index in [1.807, 2.05) is 78.9 Å². The molecule has 0 amide bonds. The summed E-state index contributed by atoms with van der Waals surface area (Å²) in [6.07, 6.45) is 1.74. The Bertz CT molecular complexity index is 1860. The summed E-state index contributed by atoms with van der Waals surface area (Å²) in [5, 5.41) is 5.27. The molecule has 0 atom stereocenters. The standard InChI is InChI=1S/C34H21NO2S/c36-33-29-19-24-10-6-7-11-25(24)20-30(29)34(37)31(33)21-28-16-17-32(38-28)35(26-12-2-1-3-13-26)27-15-14-22-8-4-5-9-23(22)18-27/h1-21H. The topological polar surface area (TPSA) is 37.4 Å². The van der Waals surface area contributed by atoms with Crippen molar-refractivity contribution in [3.63, 3.8) is 0 Å². The number of anilines is 3. The number of para-hydroxylation sites is 1. The summed E-state index contributed by atoms with van der Waals surface area (Å²) in [5.41, 5.74) is 3.28. The molecule has 0 unspecified atom stereocenters. The average molecular weight is 508 g/mol. The average Bonchev–Trinajstić information content (AvgIpc) is 3.51. The van der Waals surface area contributed by atoms with Gasteiger partial charge in [0, 0.05) is 27.4 Å². The van der Waals surface area contributed by atoms with Crippen molar-refractivity contribution in [1.29, 1.82) is 0 Å². The van der Waals surface area contributed by atoms with Gasteiger partial charge in [-0.1, -0.05) is 72.8 Å². The molecule has 0 fully saturated rings. The molecule has 3 nitrogen and oxygen atoms in total. The molecule has 0 saturated carbocycles. The summed E-state index contributed by atoms with van der Waals surface area (Å²) in [6.45, 7) is 0. The number of nitrogens with zero attached hydrogens (tertiary/aromatic N) is 1. The molecule has 0 bridgehead atoms. The highest BCUT2D eigenvalue weighted by atomic mass is 32.1. The lowest BCUT2D eigenvalue weighted by molar-refractivity contribution is 0.0990. The van der Waals surface area contributed by atoms with Gasteiger partial charge < -0.3 is 4.90 Å². The number of rotatable bonds is 4. The minimum Gasteiger partial charge on any atom is -0.302 e. The van der Waals surface area contributed by atoms with Crippen molar-refractivity contribution in [2.45, 2.75) is 0 Å². The summed E-state index contributed by atoms with van der Waals surface area (Å²) in [4.78, 5) is 29.6. The van der Waals surface area contributed by atoms with Crippen LogP contribution in [0.5, 0.6) is 0 Å². The second kappa shape index (κ2) is 8.94. The monoisotopic (exact) mass is 507 g/mol. The lowest BCUT2D eigenvalue weighted by Crippen LogP contribution is -2.08. The lowest BCUT2D eigenvalue weighted by atomic mass is 10.0. The predicted molar refractivity (Wildman–Crippen MR) is 157 cm³/mol. The third-order valence-electron chi connectivity index (χ3n) is 6.99. The number of Topliss-reactive ketones (excluding diaryl/α,β-unsaturated/α-hetero) is 2. The molecule has 0 saturated heterocycles. The molecule has 0 radical (unpaired) electrons. The Hall–Kier alpha value is -4.80. The highest BCUT2D eigenvalue weighted by Crippen LogP contribution is 2.41. The molecule has 38 heavy (non-hydrogen) atoms. The maximum Gasteiger partial charge on any atom is 0.197 e. The molecule has 1 aromatic heterocycles. The third kappa shape index (κ3) is 3.74. The van der Waals surface area contributed by atoms with E-state index < -0.39 is 0 Å². The van der Waals surface area contributed by atoms with Crippen molar-refractivity contribution < 1.29 is 9.59 Å². The van der Waals surface area contributed by atoms with Gasteiger partial charge in [-0.05, 0) is 76.2 Å². The number of thiophene rings is 1. The molecule has 1 heterocycles. The van der Waals surface area contributed by atoms with E-state index in [0.717, 1.165) is 37.4 Å². The Morgan fingerprint density at radius 1 is 0.526 bits per heavy atom. The van der Waals surface area contributed by atoms with E-state index in [1.54, 1.807) is 17.4 Å². The number of carbonyl (C=O) groups is 2. The van der Waals surface area contributed by atoms with E-state index in [9.17, 15) is 9.59 Å². The Morgan fingerprint density at radius 2 is 1.11 bits per heavy atom. The van der Waals surface area contributed by atoms with Crippen molar-refractivity contribution in [3.05, 3.63) is 143 Å². The second-order valence-corrected chi connectivity index (χ2v) is 10.4. The Labute approximate surface area is 223 Å². The molecule has 0 aliphatic heterocycles. The third-order valence-corrected chi connectivity index (χ3v) is 8.01. The smallest absolute Gasteiger partial charge is 0.197 e. The predicted octanol–water partition coefficient (Wildman–Crippen LogP) is 8.99. The van der Waals surface area contributed by atoms with Gasteiger partial charge in [-0.15, -0.1) is 11.3 Å². The van der Waals surface area contributed by atoms with Crippen molar-refractivity contribution in [3.8, 4) is 0 Å². The van der Waals surface area contributed by atoms with Gasteiger partial charge in [-0.3, -0.25) is 9.59 Å². The first kappa shape index (κ1) is 22.4. The molecule has 7 rings (SSSR count). The van der Waals surface area contributed by atoms with Crippen molar-refractivity contribution in [2.75, 3.05) is 4.90 Å². The first-order valence-electron chi connectivity index (χ1n) is 12.4. The van der Waals surface area contributed by atoms with Crippen LogP contribution in [0.1, 0.15) is 25.6 Å². The Balaban J connectivity index is 1.29. The van der Waals surface area contributed by atoms with Crippen LogP contribution in [0.4, 0.5) is 16.4 Å². The lowest BCUT2D eigenvalue weighted by Gasteiger charge is -2.24. The summed E-state index contributed by atoms with van der Waals surface area (Å²) in [5.74, 6) is -0.416. The van der Waals surface area contributed by atoms with E-state index in [1.165, 1.54) is 5.39 Å². The molecular formula is C34H21NO2S. The first-order chi connectivity index (χ1) is 18.7. The molecular weight excluding hydrogens is 486 g/mol. The highest BCUT2D eigenvalue weighted by Gasteiger charge is 2.33. The van der Waals surface area contributed by atoms with Gasteiger partial charge in [0.2, 0.25) is 0 Å². The SMILES string of the molecule is O=C1C(=Cc2ccc(N(c3ccccc3)c3ccc4ccccc4c3)s2)C(=O)c2cc3ccccc3cc21. The number of carbonyl (C=O) groups excluding carboxylic acids is 2. The van der Waals surface area contributed by atoms with Crippen LogP contribution in [0, 0.1) is 0 Å². The number of benzene rings is 5. The fraction of sp³-hybridized carbons (Fsp3) is 0. The Morgan fingerprint density at radius 3 is 1.76 bits per heavy atom. The number of allylic oxidation sites excluding steroid dienone is 1. The zero-order valence-electron chi connectivity index (χ0n) is 20.3. The molecule has 6 aromatic rings. The minimum absolute atomic E-state index is 0.208. The van der Waals surface area contributed by atoms with Crippen molar-refractivity contribution >= 4 is 66.9 Å². The largest absolute Gasteiger partial charge is 0.302 e. The molecule has 5 aromatic carbocycles. The van der Waals surface area contributed by atoms with Gasteiger partial charge in [0.15, 0.2) is 11.6 Å². The summed E-state index contributed by atoms with van der Waals surface area (Å²) in [7, 11) is 0. The van der Waals surface area contributed by atoms with Gasteiger partial charge in [0.05, 0.1) is 5.57 Å². The zero-order valence-corrected chi connectivity index (χ0v) is 21.1. The fourth-order valence-corrected chi connectivity index (χ4v) is 6.11. The van der Waals surface area contributed by atoms with E-state index in [4.69, 9.17) is 0 Å². The quantitative estimate of drug-likeness (QED) is 0.176. The van der Waals surface area contributed by atoms with Gasteiger partial charge in [-0.2, -0.15) is 0 Å². The van der Waals surface area contributed by atoms with Crippen LogP contribution in [-0.4, -0.2) is 11.6 Å². The van der Waals surface area contributed by atoms with E-state index >= 15 is 0 Å². The van der Waals surface area contributed by atoms with Crippen LogP contribution in [0.2, 0.25) is 0 Å². The van der Waals surface area contributed by atoms with Gasteiger partial charge in [0.25, 0.3) is 0 Å². The number of hydrogen-bond acceptors (Lipinski definition) is 4. The molecule has 4 heteroatoms. The van der Waals surface area contributed by atoms with Crippen molar-refractivity contribution in [1.82, 2.24) is 0 Å². The number of hydrogen-bond donors (Lipinski definition) is 0. The summed E-state index contributed by atoms with van der Waals surface area (Å²) in [6, 6.07) is 40.5. The fourth-order valence-electron chi connectivity index (χ4n) is 5.12. The number of fused-ring (bicyclic) bond motifs is 3.